The minimum absolute atomic E-state index is 0.172. The van der Waals surface area contributed by atoms with Crippen molar-refractivity contribution in [2.24, 2.45) is 0 Å². The molecule has 0 atom stereocenters. The van der Waals surface area contributed by atoms with E-state index in [1.165, 1.54) is 4.57 Å². The number of aryl methyl sites for hydroxylation is 2. The molecule has 2 N–H and O–H groups in total. The summed E-state index contributed by atoms with van der Waals surface area (Å²) in [5, 5.41) is 12.6. The van der Waals surface area contributed by atoms with Gasteiger partial charge in [0.1, 0.15) is 23.9 Å². The van der Waals surface area contributed by atoms with Gasteiger partial charge in [-0.1, -0.05) is 11.6 Å². The second-order valence-corrected chi connectivity index (χ2v) is 7.10. The lowest BCUT2D eigenvalue weighted by atomic mass is 10.1. The summed E-state index contributed by atoms with van der Waals surface area (Å²) in [4.78, 5) is 30.1. The molecule has 0 saturated carbocycles. The van der Waals surface area contributed by atoms with Gasteiger partial charge in [0.15, 0.2) is 0 Å². The monoisotopic (exact) mass is 415 g/mol. The quantitative estimate of drug-likeness (QED) is 0.618. The van der Waals surface area contributed by atoms with Gasteiger partial charge in [0, 0.05) is 34.9 Å². The summed E-state index contributed by atoms with van der Waals surface area (Å²) in [7, 11) is 0. The standard InChI is InChI=1S/C21H22ClN3O4/c1-13-3-8-17(29-13)11-23-19(27)12-25-20(15-4-6-16(22)7-5-15)24-14(2)18(9-10-26)21(25)28/h3-8,26H,9-12H2,1-2H3,(H,23,27). The van der Waals surface area contributed by atoms with Crippen molar-refractivity contribution in [3.05, 3.63) is 74.6 Å². The first-order valence-electron chi connectivity index (χ1n) is 9.18. The zero-order valence-corrected chi connectivity index (χ0v) is 17.0. The van der Waals surface area contributed by atoms with Crippen LogP contribution in [0.4, 0.5) is 0 Å². The number of nitrogens with one attached hydrogen (secondary N) is 1. The summed E-state index contributed by atoms with van der Waals surface area (Å²) in [5.74, 6) is 1.41. The van der Waals surface area contributed by atoms with Crippen LogP contribution in [0, 0.1) is 13.8 Å². The van der Waals surface area contributed by atoms with Crippen molar-refractivity contribution < 1.29 is 14.3 Å². The van der Waals surface area contributed by atoms with Crippen LogP contribution in [-0.2, 0) is 24.3 Å². The summed E-state index contributed by atoms with van der Waals surface area (Å²) in [5.41, 5.74) is 1.23. The molecule has 0 fully saturated rings. The number of furan rings is 1. The number of carbonyl (C=O) groups excluding carboxylic acids is 1. The molecule has 0 spiro atoms. The molecule has 0 saturated heterocycles. The number of aliphatic hydroxyl groups excluding tert-OH is 1. The van der Waals surface area contributed by atoms with Crippen LogP contribution < -0.4 is 10.9 Å². The predicted molar refractivity (Wildman–Crippen MR) is 110 cm³/mol. The van der Waals surface area contributed by atoms with Crippen LogP contribution in [0.5, 0.6) is 0 Å². The van der Waals surface area contributed by atoms with Gasteiger partial charge in [-0.15, -0.1) is 0 Å². The average Bonchev–Trinajstić information content (AvgIpc) is 3.11. The Kier molecular flexibility index (Phi) is 6.51. The Morgan fingerprint density at radius 1 is 1.21 bits per heavy atom. The smallest absolute Gasteiger partial charge is 0.257 e. The summed E-state index contributed by atoms with van der Waals surface area (Å²) >= 11 is 5.96. The van der Waals surface area contributed by atoms with Gasteiger partial charge in [0.05, 0.1) is 6.54 Å². The summed E-state index contributed by atoms with van der Waals surface area (Å²) < 4.78 is 6.77. The van der Waals surface area contributed by atoms with E-state index in [2.05, 4.69) is 10.3 Å². The minimum atomic E-state index is -0.350. The maximum atomic E-state index is 13.0. The van der Waals surface area contributed by atoms with Gasteiger partial charge >= 0.3 is 0 Å². The molecule has 3 rings (SSSR count). The normalized spacial score (nSPS) is 10.9. The van der Waals surface area contributed by atoms with E-state index in [0.717, 1.165) is 5.76 Å². The van der Waals surface area contributed by atoms with Gasteiger partial charge in [-0.2, -0.15) is 0 Å². The third-order valence-corrected chi connectivity index (χ3v) is 4.74. The number of benzene rings is 1. The first-order chi connectivity index (χ1) is 13.9. The molecular formula is C21H22ClN3O4. The molecule has 0 radical (unpaired) electrons. The number of amides is 1. The fourth-order valence-corrected chi connectivity index (χ4v) is 3.16. The Labute approximate surface area is 173 Å². The van der Waals surface area contributed by atoms with Crippen LogP contribution in [0.2, 0.25) is 5.02 Å². The second kappa shape index (κ2) is 9.07. The van der Waals surface area contributed by atoms with Gasteiger partial charge in [0.25, 0.3) is 5.56 Å². The van der Waals surface area contributed by atoms with E-state index >= 15 is 0 Å². The van der Waals surface area contributed by atoms with Gasteiger partial charge in [-0.05, 0) is 50.2 Å². The Bertz CT molecular complexity index is 1070. The molecule has 8 heteroatoms. The van der Waals surface area contributed by atoms with E-state index in [1.54, 1.807) is 37.3 Å². The number of aliphatic hydroxyl groups is 1. The van der Waals surface area contributed by atoms with E-state index in [4.69, 9.17) is 16.0 Å². The number of halogens is 1. The van der Waals surface area contributed by atoms with Crippen molar-refractivity contribution in [2.45, 2.75) is 33.4 Å². The maximum absolute atomic E-state index is 13.0. The number of rotatable bonds is 7. The van der Waals surface area contributed by atoms with Gasteiger partial charge in [-0.25, -0.2) is 4.98 Å². The molecule has 0 bridgehead atoms. The van der Waals surface area contributed by atoms with Crippen molar-refractivity contribution in [1.29, 1.82) is 0 Å². The highest BCUT2D eigenvalue weighted by atomic mass is 35.5. The molecule has 0 aliphatic carbocycles. The molecule has 2 heterocycles. The van der Waals surface area contributed by atoms with E-state index in [1.807, 2.05) is 13.0 Å². The molecule has 2 aromatic heterocycles. The average molecular weight is 416 g/mol. The molecule has 152 valence electrons. The fourth-order valence-electron chi connectivity index (χ4n) is 3.03. The molecule has 3 aromatic rings. The van der Waals surface area contributed by atoms with E-state index in [-0.39, 0.29) is 37.6 Å². The summed E-state index contributed by atoms with van der Waals surface area (Å²) in [6, 6.07) is 10.5. The van der Waals surface area contributed by atoms with Crippen molar-refractivity contribution in [1.82, 2.24) is 14.9 Å². The largest absolute Gasteiger partial charge is 0.465 e. The molecular weight excluding hydrogens is 394 g/mol. The fraction of sp³-hybridized carbons (Fsp3) is 0.286. The summed E-state index contributed by atoms with van der Waals surface area (Å²) in [6.07, 6.45) is 0.172. The van der Waals surface area contributed by atoms with Gasteiger partial charge in [0.2, 0.25) is 5.91 Å². The maximum Gasteiger partial charge on any atom is 0.257 e. The first kappa shape index (κ1) is 20.8. The van der Waals surface area contributed by atoms with Gasteiger partial charge in [-0.3, -0.25) is 14.2 Å². The van der Waals surface area contributed by atoms with E-state index in [9.17, 15) is 14.7 Å². The zero-order chi connectivity index (χ0) is 21.0. The van der Waals surface area contributed by atoms with Crippen LogP contribution in [0.15, 0.2) is 45.6 Å². The van der Waals surface area contributed by atoms with Crippen molar-refractivity contribution in [3.63, 3.8) is 0 Å². The van der Waals surface area contributed by atoms with Crippen LogP contribution in [0.25, 0.3) is 11.4 Å². The molecule has 0 unspecified atom stereocenters. The van der Waals surface area contributed by atoms with Crippen LogP contribution >= 0.6 is 11.6 Å². The van der Waals surface area contributed by atoms with Crippen LogP contribution in [-0.4, -0.2) is 27.2 Å². The van der Waals surface area contributed by atoms with E-state index in [0.29, 0.717) is 33.4 Å². The predicted octanol–water partition coefficient (Wildman–Crippen LogP) is 2.62. The summed E-state index contributed by atoms with van der Waals surface area (Å²) in [6.45, 7) is 3.38. The van der Waals surface area contributed by atoms with Gasteiger partial charge < -0.3 is 14.8 Å². The molecule has 0 aliphatic heterocycles. The number of hydrogen-bond donors (Lipinski definition) is 2. The second-order valence-electron chi connectivity index (χ2n) is 6.66. The molecule has 7 nitrogen and oxygen atoms in total. The lowest BCUT2D eigenvalue weighted by Crippen LogP contribution is -2.35. The highest BCUT2D eigenvalue weighted by molar-refractivity contribution is 6.30. The van der Waals surface area contributed by atoms with Crippen LogP contribution in [0.3, 0.4) is 0 Å². The Hall–Kier alpha value is -2.90. The number of hydrogen-bond acceptors (Lipinski definition) is 5. The zero-order valence-electron chi connectivity index (χ0n) is 16.2. The van der Waals surface area contributed by atoms with Crippen molar-refractivity contribution in [3.8, 4) is 11.4 Å². The molecule has 29 heavy (non-hydrogen) atoms. The highest BCUT2D eigenvalue weighted by Gasteiger charge is 2.18. The third-order valence-electron chi connectivity index (χ3n) is 4.49. The molecule has 0 aliphatic rings. The Morgan fingerprint density at radius 2 is 1.93 bits per heavy atom. The molecule has 1 aromatic carbocycles. The van der Waals surface area contributed by atoms with Crippen LogP contribution in [0.1, 0.15) is 22.8 Å². The number of aromatic nitrogens is 2. The van der Waals surface area contributed by atoms with E-state index < -0.39 is 0 Å². The minimum Gasteiger partial charge on any atom is -0.465 e. The SMILES string of the molecule is Cc1ccc(CNC(=O)Cn2c(-c3ccc(Cl)cc3)nc(C)c(CCO)c2=O)o1. The first-order valence-corrected chi connectivity index (χ1v) is 9.56. The lowest BCUT2D eigenvalue weighted by Gasteiger charge is -2.15. The van der Waals surface area contributed by atoms with Crippen molar-refractivity contribution >= 4 is 17.5 Å². The number of nitrogens with zero attached hydrogens (tertiary/aromatic N) is 2. The Morgan fingerprint density at radius 3 is 2.55 bits per heavy atom. The molecule has 1 amide bonds. The topological polar surface area (TPSA) is 97.4 Å². The van der Waals surface area contributed by atoms with Crippen molar-refractivity contribution in [2.75, 3.05) is 6.61 Å². The third kappa shape index (κ3) is 4.93. The number of carbonyl (C=O) groups is 1. The highest BCUT2D eigenvalue weighted by Crippen LogP contribution is 2.20. The lowest BCUT2D eigenvalue weighted by molar-refractivity contribution is -0.121. The Balaban J connectivity index is 1.93.